The van der Waals surface area contributed by atoms with E-state index >= 15 is 0 Å². The number of hydrogen-bond acceptors (Lipinski definition) is 8. The van der Waals surface area contributed by atoms with Gasteiger partial charge in [-0.25, -0.2) is 4.68 Å². The lowest BCUT2D eigenvalue weighted by atomic mass is 9.58. The summed E-state index contributed by atoms with van der Waals surface area (Å²) in [7, 11) is 0. The average molecular weight is 396 g/mol. The highest BCUT2D eigenvalue weighted by Gasteiger charge is 2.56. The fraction of sp³-hybridized carbons (Fsp3) is 0.800. The quantitative estimate of drug-likeness (QED) is 0.640. The van der Waals surface area contributed by atoms with Crippen molar-refractivity contribution in [1.82, 2.24) is 25.5 Å². The zero-order valence-electron chi connectivity index (χ0n) is 17.0. The SMILES string of the molecule is C#CCCC1(CCNC2(c3nnnn3CC3CCOCC3)CC(C)(C#N)C2)N=N1. The van der Waals surface area contributed by atoms with E-state index in [1.807, 2.05) is 11.6 Å². The maximum absolute atomic E-state index is 9.57. The third-order valence-electron chi connectivity index (χ3n) is 6.43. The third kappa shape index (κ3) is 4.17. The maximum Gasteiger partial charge on any atom is 0.193 e. The van der Waals surface area contributed by atoms with Crippen molar-refractivity contribution >= 4 is 0 Å². The van der Waals surface area contributed by atoms with Crippen molar-refractivity contribution in [3.05, 3.63) is 5.82 Å². The molecule has 9 heteroatoms. The van der Waals surface area contributed by atoms with Crippen LogP contribution in [0.15, 0.2) is 10.2 Å². The standard InChI is InChI=1S/C20H28N8O/c1-3-4-7-20(24-25-20)8-9-22-19(13-18(2,14-19)15-21)17-23-26-27-28(17)12-16-5-10-29-11-6-16/h1,16,22H,4-14H2,2H3. The minimum absolute atomic E-state index is 0.323. The molecule has 1 aliphatic carbocycles. The number of rotatable bonds is 9. The van der Waals surface area contributed by atoms with Crippen molar-refractivity contribution in [2.75, 3.05) is 19.8 Å². The molecule has 1 N–H and O–H groups in total. The Balaban J connectivity index is 1.44. The van der Waals surface area contributed by atoms with Gasteiger partial charge in [-0.05, 0) is 49.0 Å². The van der Waals surface area contributed by atoms with Gasteiger partial charge in [0.1, 0.15) is 0 Å². The molecular formula is C20H28N8O. The van der Waals surface area contributed by atoms with Gasteiger partial charge in [-0.15, -0.1) is 17.4 Å². The van der Waals surface area contributed by atoms with E-state index in [0.717, 1.165) is 57.8 Å². The van der Waals surface area contributed by atoms with Crippen LogP contribution in [-0.2, 0) is 16.8 Å². The molecular weight excluding hydrogens is 368 g/mol. The van der Waals surface area contributed by atoms with Crippen molar-refractivity contribution in [1.29, 1.82) is 5.26 Å². The molecule has 3 aliphatic rings. The molecule has 4 rings (SSSR count). The average Bonchev–Trinajstić information content (AvgIpc) is 3.33. The van der Waals surface area contributed by atoms with Crippen LogP contribution >= 0.6 is 0 Å². The van der Waals surface area contributed by atoms with Gasteiger partial charge in [0.2, 0.25) is 0 Å². The highest BCUT2D eigenvalue weighted by atomic mass is 16.5. The normalized spacial score (nSPS) is 30.3. The third-order valence-corrected chi connectivity index (χ3v) is 6.43. The smallest absolute Gasteiger partial charge is 0.193 e. The first kappa shape index (κ1) is 19.9. The Labute approximate surface area is 171 Å². The molecule has 2 fully saturated rings. The molecule has 154 valence electrons. The predicted molar refractivity (Wildman–Crippen MR) is 104 cm³/mol. The van der Waals surface area contributed by atoms with Crippen LogP contribution in [0.3, 0.4) is 0 Å². The van der Waals surface area contributed by atoms with Crippen molar-refractivity contribution < 1.29 is 4.74 Å². The molecule has 29 heavy (non-hydrogen) atoms. The lowest BCUT2D eigenvalue weighted by Gasteiger charge is -2.50. The van der Waals surface area contributed by atoms with E-state index in [9.17, 15) is 5.26 Å². The van der Waals surface area contributed by atoms with Crippen molar-refractivity contribution in [3.63, 3.8) is 0 Å². The number of tetrazole rings is 1. The number of nitriles is 1. The Morgan fingerprint density at radius 3 is 2.69 bits per heavy atom. The summed E-state index contributed by atoms with van der Waals surface area (Å²) in [4.78, 5) is 0. The second-order valence-corrected chi connectivity index (χ2v) is 8.91. The zero-order chi connectivity index (χ0) is 20.4. The summed E-state index contributed by atoms with van der Waals surface area (Å²) in [6, 6.07) is 2.45. The van der Waals surface area contributed by atoms with Gasteiger partial charge in [-0.2, -0.15) is 15.5 Å². The summed E-state index contributed by atoms with van der Waals surface area (Å²) >= 11 is 0. The highest BCUT2D eigenvalue weighted by Crippen LogP contribution is 2.53. The molecule has 0 radical (unpaired) electrons. The van der Waals surface area contributed by atoms with Gasteiger partial charge in [0.05, 0.1) is 17.0 Å². The number of aromatic nitrogens is 4. The summed E-state index contributed by atoms with van der Waals surface area (Å²) in [5.41, 5.74) is -1.07. The summed E-state index contributed by atoms with van der Waals surface area (Å²) in [6.45, 7) is 5.10. The lowest BCUT2D eigenvalue weighted by Crippen LogP contribution is -2.58. The fourth-order valence-electron chi connectivity index (χ4n) is 4.74. The molecule has 3 heterocycles. The van der Waals surface area contributed by atoms with Crippen LogP contribution in [0.25, 0.3) is 0 Å². The van der Waals surface area contributed by atoms with Crippen LogP contribution in [0.5, 0.6) is 0 Å². The second-order valence-electron chi connectivity index (χ2n) is 8.91. The van der Waals surface area contributed by atoms with Crippen LogP contribution in [0.4, 0.5) is 0 Å². The Kier molecular flexibility index (Phi) is 5.37. The first-order valence-corrected chi connectivity index (χ1v) is 10.4. The maximum atomic E-state index is 9.57. The van der Waals surface area contributed by atoms with Crippen LogP contribution < -0.4 is 5.32 Å². The van der Waals surface area contributed by atoms with Gasteiger partial charge in [-0.3, -0.25) is 0 Å². The van der Waals surface area contributed by atoms with E-state index in [1.54, 1.807) is 0 Å². The van der Waals surface area contributed by atoms with Crippen LogP contribution in [-0.4, -0.2) is 45.6 Å². The van der Waals surface area contributed by atoms with Gasteiger partial charge < -0.3 is 10.1 Å². The number of nitrogens with one attached hydrogen (secondary N) is 1. The van der Waals surface area contributed by atoms with E-state index in [0.29, 0.717) is 25.2 Å². The van der Waals surface area contributed by atoms with Gasteiger partial charge in [0, 0.05) is 45.6 Å². The largest absolute Gasteiger partial charge is 0.381 e. The van der Waals surface area contributed by atoms with E-state index < -0.39 is 0 Å². The van der Waals surface area contributed by atoms with Crippen molar-refractivity contribution in [2.45, 2.75) is 69.6 Å². The van der Waals surface area contributed by atoms with Crippen LogP contribution in [0.1, 0.15) is 57.7 Å². The second kappa shape index (κ2) is 7.81. The molecule has 1 saturated carbocycles. The van der Waals surface area contributed by atoms with E-state index in [4.69, 9.17) is 11.2 Å². The van der Waals surface area contributed by atoms with E-state index in [-0.39, 0.29) is 16.6 Å². The summed E-state index contributed by atoms with van der Waals surface area (Å²) in [5, 5.41) is 34.3. The van der Waals surface area contributed by atoms with Gasteiger partial charge in [0.15, 0.2) is 11.5 Å². The predicted octanol–water partition coefficient (Wildman–Crippen LogP) is 2.17. The Hall–Kier alpha value is -2.36. The van der Waals surface area contributed by atoms with Gasteiger partial charge in [0.25, 0.3) is 0 Å². The highest BCUT2D eigenvalue weighted by molar-refractivity contribution is 5.22. The molecule has 2 aliphatic heterocycles. The Morgan fingerprint density at radius 1 is 1.28 bits per heavy atom. The van der Waals surface area contributed by atoms with Gasteiger partial charge in [-0.1, -0.05) is 0 Å². The molecule has 0 bridgehead atoms. The van der Waals surface area contributed by atoms with Crippen LogP contribution in [0, 0.1) is 35.0 Å². The fourth-order valence-corrected chi connectivity index (χ4v) is 4.74. The summed E-state index contributed by atoms with van der Waals surface area (Å²) in [6.07, 6.45) is 11.1. The Morgan fingerprint density at radius 2 is 2.03 bits per heavy atom. The molecule has 1 aromatic heterocycles. The number of ether oxygens (including phenoxy) is 1. The molecule has 9 nitrogen and oxygen atoms in total. The van der Waals surface area contributed by atoms with Crippen molar-refractivity contribution in [3.8, 4) is 18.4 Å². The summed E-state index contributed by atoms with van der Waals surface area (Å²) < 4.78 is 7.40. The molecule has 0 amide bonds. The van der Waals surface area contributed by atoms with Crippen molar-refractivity contribution in [2.24, 2.45) is 21.6 Å². The molecule has 0 spiro atoms. The van der Waals surface area contributed by atoms with Gasteiger partial charge >= 0.3 is 0 Å². The Bertz CT molecular complexity index is 829. The lowest BCUT2D eigenvalue weighted by molar-refractivity contribution is 0.0391. The molecule has 0 unspecified atom stereocenters. The zero-order valence-corrected chi connectivity index (χ0v) is 17.0. The summed E-state index contributed by atoms with van der Waals surface area (Å²) in [5.74, 6) is 4.01. The number of nitrogens with zero attached hydrogens (tertiary/aromatic N) is 7. The first-order chi connectivity index (χ1) is 14.0. The molecule has 0 atom stereocenters. The number of terminal acetylenes is 1. The minimum atomic E-state index is -0.388. The molecule has 1 aromatic rings. The first-order valence-electron chi connectivity index (χ1n) is 10.4. The molecule has 1 saturated heterocycles. The van der Waals surface area contributed by atoms with E-state index in [1.165, 1.54) is 0 Å². The van der Waals surface area contributed by atoms with Crippen LogP contribution in [0.2, 0.25) is 0 Å². The number of hydrogen-bond donors (Lipinski definition) is 1. The van der Waals surface area contributed by atoms with E-state index in [2.05, 4.69) is 43.1 Å². The minimum Gasteiger partial charge on any atom is -0.381 e. The monoisotopic (exact) mass is 396 g/mol. The topological polar surface area (TPSA) is 113 Å². The molecule has 0 aromatic carbocycles.